The number of nitrogens with one attached hydrogen (secondary N) is 1. The summed E-state index contributed by atoms with van der Waals surface area (Å²) < 4.78 is 0. The van der Waals surface area contributed by atoms with Crippen molar-refractivity contribution in [1.29, 1.82) is 0 Å². The summed E-state index contributed by atoms with van der Waals surface area (Å²) in [5.41, 5.74) is 2.64. The van der Waals surface area contributed by atoms with Gasteiger partial charge in [-0.2, -0.15) is 16.4 Å². The van der Waals surface area contributed by atoms with E-state index in [2.05, 4.69) is 15.6 Å². The number of hydrogen-bond donors (Lipinski definition) is 1. The lowest BCUT2D eigenvalue weighted by atomic mass is 10.1. The minimum atomic E-state index is -0.110. The minimum absolute atomic E-state index is 0.110. The molecule has 18 heavy (non-hydrogen) atoms. The van der Waals surface area contributed by atoms with Crippen molar-refractivity contribution in [2.45, 2.75) is 6.42 Å². The third-order valence-electron chi connectivity index (χ3n) is 2.63. The van der Waals surface area contributed by atoms with E-state index >= 15 is 0 Å². The summed E-state index contributed by atoms with van der Waals surface area (Å²) in [6.07, 6.45) is 0.653. The van der Waals surface area contributed by atoms with Gasteiger partial charge in [0, 0.05) is 12.0 Å². The standard InChI is InChI=1S/C13H10N2OS2/c16-13-10(6-9-3-5-17-8-9)7-11(14-15-13)12-2-1-4-18-12/h1-5,7-8H,6H2,(H,15,16). The lowest BCUT2D eigenvalue weighted by Crippen LogP contribution is -2.14. The van der Waals surface area contributed by atoms with Gasteiger partial charge >= 0.3 is 0 Å². The molecule has 0 saturated carbocycles. The molecule has 0 bridgehead atoms. The van der Waals surface area contributed by atoms with Crippen molar-refractivity contribution >= 4 is 22.7 Å². The highest BCUT2D eigenvalue weighted by molar-refractivity contribution is 7.13. The van der Waals surface area contributed by atoms with Gasteiger partial charge < -0.3 is 0 Å². The van der Waals surface area contributed by atoms with Crippen molar-refractivity contribution in [3.63, 3.8) is 0 Å². The highest BCUT2D eigenvalue weighted by Crippen LogP contribution is 2.22. The van der Waals surface area contributed by atoms with Crippen molar-refractivity contribution in [3.8, 4) is 10.6 Å². The van der Waals surface area contributed by atoms with E-state index in [0.29, 0.717) is 6.42 Å². The molecule has 3 heterocycles. The Bertz CT molecular complexity index is 684. The molecule has 0 aliphatic carbocycles. The maximum Gasteiger partial charge on any atom is 0.267 e. The molecule has 3 nitrogen and oxygen atoms in total. The van der Waals surface area contributed by atoms with E-state index in [-0.39, 0.29) is 5.56 Å². The molecule has 0 unspecified atom stereocenters. The van der Waals surface area contributed by atoms with Gasteiger partial charge in [0.25, 0.3) is 5.56 Å². The molecule has 3 rings (SSSR count). The largest absolute Gasteiger partial charge is 0.268 e. The summed E-state index contributed by atoms with van der Waals surface area (Å²) in [4.78, 5) is 12.8. The van der Waals surface area contributed by atoms with Crippen LogP contribution in [0.4, 0.5) is 0 Å². The molecule has 0 amide bonds. The summed E-state index contributed by atoms with van der Waals surface area (Å²) in [7, 11) is 0. The molecule has 0 aliphatic heterocycles. The van der Waals surface area contributed by atoms with Crippen LogP contribution in [0.2, 0.25) is 0 Å². The maximum atomic E-state index is 11.8. The monoisotopic (exact) mass is 274 g/mol. The van der Waals surface area contributed by atoms with E-state index in [1.807, 2.05) is 35.0 Å². The fourth-order valence-electron chi connectivity index (χ4n) is 1.74. The summed E-state index contributed by atoms with van der Waals surface area (Å²) in [6.45, 7) is 0. The van der Waals surface area contributed by atoms with Crippen LogP contribution >= 0.6 is 22.7 Å². The smallest absolute Gasteiger partial charge is 0.267 e. The molecule has 0 aliphatic rings. The number of thiophene rings is 2. The minimum Gasteiger partial charge on any atom is -0.268 e. The lowest BCUT2D eigenvalue weighted by Gasteiger charge is -2.01. The first-order chi connectivity index (χ1) is 8.83. The van der Waals surface area contributed by atoms with Gasteiger partial charge in [-0.3, -0.25) is 4.79 Å². The number of nitrogens with zero attached hydrogens (tertiary/aromatic N) is 1. The molecule has 0 radical (unpaired) electrons. The van der Waals surface area contributed by atoms with Crippen LogP contribution in [0, 0.1) is 0 Å². The molecule has 3 aromatic rings. The van der Waals surface area contributed by atoms with E-state index in [1.54, 1.807) is 22.7 Å². The van der Waals surface area contributed by atoms with Gasteiger partial charge in [0.15, 0.2) is 0 Å². The van der Waals surface area contributed by atoms with Crippen molar-refractivity contribution in [3.05, 3.63) is 61.9 Å². The van der Waals surface area contributed by atoms with Crippen LogP contribution in [0.15, 0.2) is 45.2 Å². The number of rotatable bonds is 3. The van der Waals surface area contributed by atoms with E-state index in [1.165, 1.54) is 0 Å². The van der Waals surface area contributed by atoms with Crippen molar-refractivity contribution in [2.75, 3.05) is 0 Å². The van der Waals surface area contributed by atoms with Gasteiger partial charge in [-0.15, -0.1) is 11.3 Å². The summed E-state index contributed by atoms with van der Waals surface area (Å²) >= 11 is 3.26. The highest BCUT2D eigenvalue weighted by atomic mass is 32.1. The van der Waals surface area contributed by atoms with E-state index in [0.717, 1.165) is 21.7 Å². The Hall–Kier alpha value is -1.72. The third-order valence-corrected chi connectivity index (χ3v) is 4.25. The van der Waals surface area contributed by atoms with Crippen molar-refractivity contribution < 1.29 is 0 Å². The first-order valence-corrected chi connectivity index (χ1v) is 7.29. The first kappa shape index (κ1) is 11.4. The Morgan fingerprint density at radius 1 is 1.28 bits per heavy atom. The Balaban J connectivity index is 1.99. The Morgan fingerprint density at radius 3 is 2.94 bits per heavy atom. The van der Waals surface area contributed by atoms with Gasteiger partial charge in [0.1, 0.15) is 5.69 Å². The molecule has 0 spiro atoms. The highest BCUT2D eigenvalue weighted by Gasteiger charge is 2.07. The molecule has 5 heteroatoms. The number of hydrogen-bond acceptors (Lipinski definition) is 4. The topological polar surface area (TPSA) is 45.8 Å². The predicted octanol–water partition coefficient (Wildman–Crippen LogP) is 3.15. The number of aromatic amines is 1. The van der Waals surface area contributed by atoms with E-state index in [9.17, 15) is 4.79 Å². The molecule has 1 N–H and O–H groups in total. The second kappa shape index (κ2) is 4.88. The zero-order valence-electron chi connectivity index (χ0n) is 9.42. The number of aromatic nitrogens is 2. The Labute approximate surface area is 112 Å². The van der Waals surface area contributed by atoms with Gasteiger partial charge in [-0.25, -0.2) is 5.10 Å². The molecule has 90 valence electrons. The lowest BCUT2D eigenvalue weighted by molar-refractivity contribution is 0.958. The SMILES string of the molecule is O=c1[nH]nc(-c2cccs2)cc1Cc1ccsc1. The maximum absolute atomic E-state index is 11.8. The average molecular weight is 274 g/mol. The number of H-pyrrole nitrogens is 1. The quantitative estimate of drug-likeness (QED) is 0.797. The Kier molecular flexibility index (Phi) is 3.08. The van der Waals surface area contributed by atoms with Gasteiger partial charge in [-0.05, 0) is 39.9 Å². The average Bonchev–Trinajstić information content (AvgIpc) is 3.04. The third kappa shape index (κ3) is 2.27. The van der Waals surface area contributed by atoms with Crippen LogP contribution in [-0.2, 0) is 6.42 Å². The molecule has 0 atom stereocenters. The molecule has 0 aromatic carbocycles. The molecule has 0 saturated heterocycles. The van der Waals surface area contributed by atoms with Gasteiger partial charge in [0.2, 0.25) is 0 Å². The summed E-state index contributed by atoms with van der Waals surface area (Å²) in [5.74, 6) is 0. The van der Waals surface area contributed by atoms with Crippen LogP contribution < -0.4 is 5.56 Å². The predicted molar refractivity (Wildman–Crippen MR) is 75.3 cm³/mol. The molecule has 0 fully saturated rings. The second-order valence-corrected chi connectivity index (χ2v) is 5.62. The second-order valence-electron chi connectivity index (χ2n) is 3.89. The fraction of sp³-hybridized carbons (Fsp3) is 0.0769. The van der Waals surface area contributed by atoms with Crippen molar-refractivity contribution in [2.24, 2.45) is 0 Å². The van der Waals surface area contributed by atoms with Crippen LogP contribution in [-0.4, -0.2) is 10.2 Å². The molecular weight excluding hydrogens is 264 g/mol. The molecular formula is C13H10N2OS2. The normalized spacial score (nSPS) is 10.7. The van der Waals surface area contributed by atoms with Crippen LogP contribution in [0.5, 0.6) is 0 Å². The Morgan fingerprint density at radius 2 is 2.22 bits per heavy atom. The van der Waals surface area contributed by atoms with Crippen molar-refractivity contribution in [1.82, 2.24) is 10.2 Å². The van der Waals surface area contributed by atoms with Gasteiger partial charge in [0.05, 0.1) is 4.88 Å². The van der Waals surface area contributed by atoms with E-state index < -0.39 is 0 Å². The molecule has 3 aromatic heterocycles. The fourth-order valence-corrected chi connectivity index (χ4v) is 3.10. The first-order valence-electron chi connectivity index (χ1n) is 5.46. The summed E-state index contributed by atoms with van der Waals surface area (Å²) in [5, 5.41) is 12.7. The van der Waals surface area contributed by atoms with E-state index in [4.69, 9.17) is 0 Å². The van der Waals surface area contributed by atoms with Gasteiger partial charge in [-0.1, -0.05) is 6.07 Å². The van der Waals surface area contributed by atoms with Crippen LogP contribution in [0.25, 0.3) is 10.6 Å². The summed E-state index contributed by atoms with van der Waals surface area (Å²) in [6, 6.07) is 7.89. The zero-order chi connectivity index (χ0) is 12.4. The van der Waals surface area contributed by atoms with Crippen LogP contribution in [0.3, 0.4) is 0 Å². The van der Waals surface area contributed by atoms with Crippen LogP contribution in [0.1, 0.15) is 11.1 Å². The zero-order valence-corrected chi connectivity index (χ0v) is 11.1.